The molecule has 0 heterocycles. The highest BCUT2D eigenvalue weighted by molar-refractivity contribution is 8.00. The van der Waals surface area contributed by atoms with Gasteiger partial charge in [-0.2, -0.15) is 11.8 Å². The molecule has 0 nitrogen and oxygen atoms in total. The first-order valence-electron chi connectivity index (χ1n) is 3.79. The molecule has 0 aromatic heterocycles. The lowest BCUT2D eigenvalue weighted by Crippen LogP contribution is -1.95. The van der Waals surface area contributed by atoms with Gasteiger partial charge in [0.05, 0.1) is 0 Å². The summed E-state index contributed by atoms with van der Waals surface area (Å²) in [6.45, 7) is 4.35. The van der Waals surface area contributed by atoms with Crippen LogP contribution < -0.4 is 0 Å². The molecule has 0 fully saturated rings. The average molecular weight is 157 g/mol. The van der Waals surface area contributed by atoms with Crippen molar-refractivity contribution in [3.05, 3.63) is 18.4 Å². The van der Waals surface area contributed by atoms with Crippen LogP contribution in [-0.4, -0.2) is 5.75 Å². The summed E-state index contributed by atoms with van der Waals surface area (Å²) in [6.07, 6.45) is 10.6. The van der Waals surface area contributed by atoms with E-state index in [9.17, 15) is 0 Å². The predicted molar refractivity (Wildman–Crippen MR) is 51.0 cm³/mol. The third kappa shape index (κ3) is 6.21. The summed E-state index contributed by atoms with van der Waals surface area (Å²) in [4.78, 5) is 0. The van der Waals surface area contributed by atoms with Gasteiger partial charge in [0.15, 0.2) is 0 Å². The topological polar surface area (TPSA) is 0 Å². The van der Waals surface area contributed by atoms with Gasteiger partial charge in [0.25, 0.3) is 0 Å². The molecular formula is C9H17S. The maximum Gasteiger partial charge on any atom is 0.00236 e. The molecule has 1 atom stereocenters. The van der Waals surface area contributed by atoms with Crippen LogP contribution in [0.2, 0.25) is 0 Å². The van der Waals surface area contributed by atoms with Gasteiger partial charge in [0.1, 0.15) is 0 Å². The summed E-state index contributed by atoms with van der Waals surface area (Å²) in [5, 5.41) is 0. The Bertz CT molecular complexity index is 86.7. The van der Waals surface area contributed by atoms with Gasteiger partial charge in [0.2, 0.25) is 0 Å². The molecule has 0 saturated heterocycles. The van der Waals surface area contributed by atoms with E-state index in [1.807, 2.05) is 0 Å². The highest BCUT2D eigenvalue weighted by Gasteiger charge is 1.97. The summed E-state index contributed by atoms with van der Waals surface area (Å²) < 4.78 is 0. The van der Waals surface area contributed by atoms with Crippen LogP contribution in [0.4, 0.5) is 0 Å². The molecule has 1 unspecified atom stereocenters. The van der Waals surface area contributed by atoms with Gasteiger partial charge in [-0.3, -0.25) is 0 Å². The zero-order chi connectivity index (χ0) is 7.82. The van der Waals surface area contributed by atoms with E-state index in [0.29, 0.717) is 0 Å². The predicted octanol–water partition coefficient (Wildman–Crippen LogP) is 3.50. The van der Waals surface area contributed by atoms with Crippen LogP contribution >= 0.6 is 11.8 Å². The van der Waals surface area contributed by atoms with Crippen LogP contribution in [0.3, 0.4) is 0 Å². The summed E-state index contributed by atoms with van der Waals surface area (Å²) >= 11 is 1.69. The third-order valence-electron chi connectivity index (χ3n) is 1.46. The molecule has 1 heteroatoms. The fourth-order valence-electron chi connectivity index (χ4n) is 0.832. The maximum atomic E-state index is 3.75. The summed E-state index contributed by atoms with van der Waals surface area (Å²) in [5.41, 5.74) is 0. The van der Waals surface area contributed by atoms with E-state index in [2.05, 4.69) is 32.3 Å². The molecule has 10 heavy (non-hydrogen) atoms. The number of thioether (sulfide) groups is 1. The van der Waals surface area contributed by atoms with Gasteiger partial charge in [-0.25, -0.2) is 0 Å². The van der Waals surface area contributed by atoms with Crippen LogP contribution in [0.15, 0.2) is 12.2 Å². The molecule has 0 aromatic carbocycles. The van der Waals surface area contributed by atoms with Crippen molar-refractivity contribution >= 4 is 11.8 Å². The average Bonchev–Trinajstić information content (AvgIpc) is 1.89. The number of hydrogen-bond acceptors (Lipinski definition) is 1. The highest BCUT2D eigenvalue weighted by atomic mass is 32.2. The summed E-state index contributed by atoms with van der Waals surface area (Å²) in [5.74, 6) is 2.01. The lowest BCUT2D eigenvalue weighted by atomic mass is 10.1. The smallest absolute Gasteiger partial charge is 0.00236 e. The minimum absolute atomic E-state index is 0.818. The Morgan fingerprint density at radius 2 is 2.30 bits per heavy atom. The van der Waals surface area contributed by atoms with E-state index in [1.54, 1.807) is 11.8 Å². The molecule has 0 spiro atoms. The molecule has 1 radical (unpaired) electrons. The van der Waals surface area contributed by atoms with Crippen LogP contribution in [0.5, 0.6) is 0 Å². The molecule has 0 N–H and O–H groups in total. The minimum atomic E-state index is 0.818. The van der Waals surface area contributed by atoms with E-state index in [4.69, 9.17) is 0 Å². The van der Waals surface area contributed by atoms with Gasteiger partial charge in [-0.05, 0) is 31.4 Å². The molecule has 0 aliphatic carbocycles. The van der Waals surface area contributed by atoms with E-state index >= 15 is 0 Å². The van der Waals surface area contributed by atoms with Crippen molar-refractivity contribution in [2.24, 2.45) is 5.92 Å². The quantitative estimate of drug-likeness (QED) is 0.550. The normalized spacial score (nSPS) is 14.3. The molecule has 0 amide bonds. The number of hydrogen-bond donors (Lipinski definition) is 0. The SMILES string of the molecule is [CH2]SCC(C)CCC=CC. The van der Waals surface area contributed by atoms with Gasteiger partial charge in [-0.15, -0.1) is 0 Å². The van der Waals surface area contributed by atoms with E-state index in [0.717, 1.165) is 5.92 Å². The second-order valence-corrected chi connectivity index (χ2v) is 3.36. The van der Waals surface area contributed by atoms with Crippen molar-refractivity contribution < 1.29 is 0 Å². The van der Waals surface area contributed by atoms with Crippen LogP contribution in [0, 0.1) is 12.2 Å². The van der Waals surface area contributed by atoms with Crippen molar-refractivity contribution in [3.8, 4) is 0 Å². The number of allylic oxidation sites excluding steroid dienone is 2. The van der Waals surface area contributed by atoms with Crippen molar-refractivity contribution in [1.82, 2.24) is 0 Å². The molecule has 0 aliphatic rings. The van der Waals surface area contributed by atoms with Crippen molar-refractivity contribution in [2.75, 3.05) is 5.75 Å². The molecule has 0 rings (SSSR count). The van der Waals surface area contributed by atoms with Crippen molar-refractivity contribution in [2.45, 2.75) is 26.7 Å². The molecule has 0 aromatic rings. The standard InChI is InChI=1S/C9H17S/c1-4-5-6-7-9(2)8-10-3/h4-5,9H,3,6-8H2,1-2H3. The minimum Gasteiger partial charge on any atom is -0.161 e. The van der Waals surface area contributed by atoms with Gasteiger partial charge in [0, 0.05) is 6.26 Å². The lowest BCUT2D eigenvalue weighted by molar-refractivity contribution is 0.604. The first-order valence-corrected chi connectivity index (χ1v) is 4.94. The molecule has 59 valence electrons. The van der Waals surface area contributed by atoms with Crippen LogP contribution in [0.25, 0.3) is 0 Å². The van der Waals surface area contributed by atoms with Crippen LogP contribution in [-0.2, 0) is 0 Å². The zero-order valence-corrected chi connectivity index (χ0v) is 7.79. The van der Waals surface area contributed by atoms with Crippen molar-refractivity contribution in [1.29, 1.82) is 0 Å². The van der Waals surface area contributed by atoms with Crippen molar-refractivity contribution in [3.63, 3.8) is 0 Å². The molecular weight excluding hydrogens is 140 g/mol. The van der Waals surface area contributed by atoms with Gasteiger partial charge < -0.3 is 0 Å². The Morgan fingerprint density at radius 1 is 1.60 bits per heavy atom. The second-order valence-electron chi connectivity index (χ2n) is 2.62. The lowest BCUT2D eigenvalue weighted by Gasteiger charge is -2.05. The monoisotopic (exact) mass is 157 g/mol. The Morgan fingerprint density at radius 3 is 2.80 bits per heavy atom. The fourth-order valence-corrected chi connectivity index (χ4v) is 1.40. The van der Waals surface area contributed by atoms with E-state index < -0.39 is 0 Å². The highest BCUT2D eigenvalue weighted by Crippen LogP contribution is 2.11. The summed E-state index contributed by atoms with van der Waals surface area (Å²) in [6, 6.07) is 0. The Labute approximate surface area is 69.1 Å². The zero-order valence-electron chi connectivity index (χ0n) is 6.97. The first-order chi connectivity index (χ1) is 4.81. The summed E-state index contributed by atoms with van der Waals surface area (Å²) in [7, 11) is 0. The van der Waals surface area contributed by atoms with Gasteiger partial charge >= 0.3 is 0 Å². The van der Waals surface area contributed by atoms with Gasteiger partial charge in [-0.1, -0.05) is 19.1 Å². The largest absolute Gasteiger partial charge is 0.161 e. The Kier molecular flexibility index (Phi) is 7.26. The fraction of sp³-hybridized carbons (Fsp3) is 0.667. The maximum absolute atomic E-state index is 3.75. The third-order valence-corrected chi connectivity index (χ3v) is 2.27. The van der Waals surface area contributed by atoms with E-state index in [-0.39, 0.29) is 0 Å². The first kappa shape index (κ1) is 10.1. The number of rotatable bonds is 5. The molecule has 0 bridgehead atoms. The Hall–Kier alpha value is 0.0900. The van der Waals surface area contributed by atoms with E-state index in [1.165, 1.54) is 18.6 Å². The Balaban J connectivity index is 3.12. The molecule has 0 saturated carbocycles. The second kappa shape index (κ2) is 7.20. The molecule has 0 aliphatic heterocycles. The van der Waals surface area contributed by atoms with Crippen LogP contribution in [0.1, 0.15) is 26.7 Å².